The van der Waals surface area contributed by atoms with E-state index in [1.165, 1.54) is 36.7 Å². The normalized spacial score (nSPS) is 15.8. The van der Waals surface area contributed by atoms with E-state index >= 15 is 0 Å². The minimum Gasteiger partial charge on any atom is -0.507 e. The van der Waals surface area contributed by atoms with Crippen LogP contribution in [0.3, 0.4) is 0 Å². The van der Waals surface area contributed by atoms with Gasteiger partial charge in [0.05, 0.1) is 11.8 Å². The molecule has 4 N–H and O–H groups in total. The average Bonchev–Trinajstić information content (AvgIpc) is 3.41. The molecule has 0 radical (unpaired) electrons. The number of hydrogen-bond donors (Lipinski definition) is 4. The van der Waals surface area contributed by atoms with Crippen LogP contribution in [0.5, 0.6) is 5.75 Å². The molecule has 10 heteroatoms. The molecule has 3 aromatic rings. The summed E-state index contributed by atoms with van der Waals surface area (Å²) < 4.78 is 14.7. The van der Waals surface area contributed by atoms with Crippen molar-refractivity contribution in [2.45, 2.75) is 25.7 Å². The molecule has 2 aromatic carbocycles. The number of amides is 3. The van der Waals surface area contributed by atoms with Crippen LogP contribution in [0.1, 0.15) is 45.5 Å². The lowest BCUT2D eigenvalue weighted by Gasteiger charge is -2.22. The Morgan fingerprint density at radius 1 is 0.972 bits per heavy atom. The number of H-pyrrole nitrogens is 1. The monoisotopic (exact) mass is 493 g/mol. The van der Waals surface area contributed by atoms with Crippen LogP contribution in [-0.4, -0.2) is 64.1 Å². The van der Waals surface area contributed by atoms with Gasteiger partial charge in [-0.3, -0.25) is 19.5 Å². The molecule has 1 aliphatic rings. The predicted octanol–water partition coefficient (Wildman–Crippen LogP) is 2.64. The number of aromatic hydroxyl groups is 1. The first kappa shape index (κ1) is 24.9. The van der Waals surface area contributed by atoms with Gasteiger partial charge in [-0.05, 0) is 55.2 Å². The number of aromatic nitrogens is 2. The second-order valence-electron chi connectivity index (χ2n) is 8.64. The number of aromatic amines is 1. The highest BCUT2D eigenvalue weighted by atomic mass is 19.1. The van der Waals surface area contributed by atoms with E-state index in [0.29, 0.717) is 51.0 Å². The molecule has 36 heavy (non-hydrogen) atoms. The van der Waals surface area contributed by atoms with Gasteiger partial charge in [0, 0.05) is 55.5 Å². The molecule has 0 unspecified atom stereocenters. The molecule has 4 rings (SSSR count). The van der Waals surface area contributed by atoms with Crippen LogP contribution in [0.2, 0.25) is 0 Å². The molecule has 1 aliphatic heterocycles. The average molecular weight is 494 g/mol. The summed E-state index contributed by atoms with van der Waals surface area (Å²) in [7, 11) is 0. The van der Waals surface area contributed by atoms with Crippen LogP contribution < -0.4 is 10.6 Å². The highest BCUT2D eigenvalue weighted by Crippen LogP contribution is 2.33. The lowest BCUT2D eigenvalue weighted by molar-refractivity contribution is -0.121. The third-order valence-corrected chi connectivity index (χ3v) is 6.07. The number of phenols is 1. The van der Waals surface area contributed by atoms with Crippen molar-refractivity contribution in [2.75, 3.05) is 26.2 Å². The van der Waals surface area contributed by atoms with E-state index in [1.807, 2.05) is 0 Å². The summed E-state index contributed by atoms with van der Waals surface area (Å²) in [6, 6.07) is 8.85. The highest BCUT2D eigenvalue weighted by Gasteiger charge is 2.18. The second-order valence-corrected chi connectivity index (χ2v) is 8.64. The zero-order chi connectivity index (χ0) is 25.5. The van der Waals surface area contributed by atoms with Gasteiger partial charge in [-0.15, -0.1) is 0 Å². The molecule has 9 nitrogen and oxygen atoms in total. The summed E-state index contributed by atoms with van der Waals surface area (Å²) in [4.78, 5) is 39.6. The van der Waals surface area contributed by atoms with Gasteiger partial charge in [-0.25, -0.2) is 4.39 Å². The Morgan fingerprint density at radius 2 is 1.81 bits per heavy atom. The van der Waals surface area contributed by atoms with Gasteiger partial charge in [-0.1, -0.05) is 6.07 Å². The fourth-order valence-electron chi connectivity index (χ4n) is 4.13. The van der Waals surface area contributed by atoms with Gasteiger partial charge in [0.1, 0.15) is 11.6 Å². The number of halogens is 1. The van der Waals surface area contributed by atoms with E-state index in [2.05, 4.69) is 20.8 Å². The number of phenolic OH excluding ortho intramolecular Hbond substituents is 1. The standard InChI is InChI=1S/C26H28FN5O4/c27-22-6-5-18-14-20(22)21-13-17(4-7-23(21)33)8-10-28-24(34)3-1-11-32(12-2-9-29-25(18)35)26(36)19-15-30-31-16-19/h4-7,13-16,33H,1-3,8-12H2,(H,28,34)(H,29,35)(H,30,31). The largest absolute Gasteiger partial charge is 0.507 e. The molecule has 188 valence electrons. The zero-order valence-electron chi connectivity index (χ0n) is 19.7. The molecule has 0 aliphatic carbocycles. The Bertz CT molecular complexity index is 1250. The number of hydrogen-bond acceptors (Lipinski definition) is 5. The fourth-order valence-corrected chi connectivity index (χ4v) is 4.13. The summed E-state index contributed by atoms with van der Waals surface area (Å²) in [6.45, 7) is 1.42. The summed E-state index contributed by atoms with van der Waals surface area (Å²) in [5, 5.41) is 22.5. The second kappa shape index (κ2) is 11.5. The molecular formula is C26H28FN5O4. The van der Waals surface area contributed by atoms with Gasteiger partial charge in [0.2, 0.25) is 5.91 Å². The third kappa shape index (κ3) is 6.07. The Kier molecular flexibility index (Phi) is 7.94. The minimum absolute atomic E-state index is 0.104. The number of fused-ring (bicyclic) bond motifs is 5. The summed E-state index contributed by atoms with van der Waals surface area (Å²) in [5.74, 6) is -1.39. The van der Waals surface area contributed by atoms with Crippen LogP contribution >= 0.6 is 0 Å². The van der Waals surface area contributed by atoms with Gasteiger partial charge in [0.25, 0.3) is 11.8 Å². The Labute approximate surface area is 207 Å². The SMILES string of the molecule is O=C1CCCN(C(=O)c2cn[nH]c2)CCCNC(=O)c2ccc(F)c(c2)-c2cc(ccc2O)CCN1. The van der Waals surface area contributed by atoms with Crippen LogP contribution in [0, 0.1) is 5.82 Å². The van der Waals surface area contributed by atoms with Gasteiger partial charge >= 0.3 is 0 Å². The van der Waals surface area contributed by atoms with Crippen LogP contribution in [-0.2, 0) is 11.2 Å². The van der Waals surface area contributed by atoms with Gasteiger partial charge < -0.3 is 20.6 Å². The predicted molar refractivity (Wildman–Crippen MR) is 131 cm³/mol. The smallest absolute Gasteiger partial charge is 0.257 e. The molecule has 0 spiro atoms. The summed E-state index contributed by atoms with van der Waals surface area (Å²) in [5.41, 5.74) is 1.86. The van der Waals surface area contributed by atoms with Crippen molar-refractivity contribution in [3.05, 3.63) is 71.3 Å². The molecule has 0 saturated heterocycles. The Balaban J connectivity index is 1.56. The van der Waals surface area contributed by atoms with Gasteiger partial charge in [0.15, 0.2) is 0 Å². The van der Waals surface area contributed by atoms with Crippen molar-refractivity contribution in [3.63, 3.8) is 0 Å². The molecule has 1 aromatic heterocycles. The maximum atomic E-state index is 14.7. The maximum absolute atomic E-state index is 14.7. The van der Waals surface area contributed by atoms with E-state index in [1.54, 1.807) is 17.0 Å². The van der Waals surface area contributed by atoms with E-state index < -0.39 is 5.82 Å². The van der Waals surface area contributed by atoms with E-state index in [-0.39, 0.29) is 46.6 Å². The number of nitrogens with one attached hydrogen (secondary N) is 3. The lowest BCUT2D eigenvalue weighted by atomic mass is 9.98. The van der Waals surface area contributed by atoms with Crippen LogP contribution in [0.15, 0.2) is 48.8 Å². The molecule has 2 heterocycles. The minimum atomic E-state index is -0.563. The number of benzene rings is 2. The number of nitrogens with zero attached hydrogens (tertiary/aromatic N) is 2. The maximum Gasteiger partial charge on any atom is 0.257 e. The Hall–Kier alpha value is -4.21. The third-order valence-electron chi connectivity index (χ3n) is 6.07. The van der Waals surface area contributed by atoms with Gasteiger partial charge in [-0.2, -0.15) is 5.10 Å². The summed E-state index contributed by atoms with van der Waals surface area (Å²) >= 11 is 0. The van der Waals surface area contributed by atoms with E-state index in [9.17, 15) is 23.9 Å². The van der Waals surface area contributed by atoms with Crippen molar-refractivity contribution >= 4 is 17.7 Å². The van der Waals surface area contributed by atoms with Crippen molar-refractivity contribution in [2.24, 2.45) is 0 Å². The van der Waals surface area contributed by atoms with E-state index in [0.717, 1.165) is 5.56 Å². The fraction of sp³-hybridized carbons (Fsp3) is 0.308. The molecule has 0 fully saturated rings. The number of carbonyl (C=O) groups is 3. The van der Waals surface area contributed by atoms with Crippen molar-refractivity contribution < 1.29 is 23.9 Å². The van der Waals surface area contributed by atoms with Crippen LogP contribution in [0.4, 0.5) is 4.39 Å². The molecule has 4 bridgehead atoms. The quantitative estimate of drug-likeness (QED) is 0.415. The zero-order valence-corrected chi connectivity index (χ0v) is 19.7. The number of carbonyl (C=O) groups excluding carboxylic acids is 3. The van der Waals surface area contributed by atoms with Crippen molar-refractivity contribution in [1.29, 1.82) is 0 Å². The van der Waals surface area contributed by atoms with Crippen molar-refractivity contribution in [1.82, 2.24) is 25.7 Å². The molecule has 0 saturated carbocycles. The van der Waals surface area contributed by atoms with E-state index in [4.69, 9.17) is 0 Å². The first-order chi connectivity index (χ1) is 17.4. The molecule has 0 atom stereocenters. The molecular weight excluding hydrogens is 465 g/mol. The highest BCUT2D eigenvalue weighted by molar-refractivity contribution is 5.96. The Morgan fingerprint density at radius 3 is 2.61 bits per heavy atom. The molecule has 3 amide bonds. The van der Waals surface area contributed by atoms with Crippen LogP contribution in [0.25, 0.3) is 11.1 Å². The number of rotatable bonds is 1. The summed E-state index contributed by atoms with van der Waals surface area (Å²) in [6.07, 6.45) is 4.67. The lowest BCUT2D eigenvalue weighted by Crippen LogP contribution is -2.35. The first-order valence-electron chi connectivity index (χ1n) is 11.9. The first-order valence-corrected chi connectivity index (χ1v) is 11.9. The van der Waals surface area contributed by atoms with Crippen molar-refractivity contribution in [3.8, 4) is 16.9 Å². The topological polar surface area (TPSA) is 127 Å².